The fraction of sp³-hybridized carbons (Fsp3) is 0.200. The number of phenolic OH excluding ortho intramolecular Hbond substituents is 2. The number of halogens is 1. The molecule has 2 aromatic carbocycles. The highest BCUT2D eigenvalue weighted by Gasteiger charge is 2.23. The van der Waals surface area contributed by atoms with Crippen molar-refractivity contribution in [1.29, 1.82) is 0 Å². The van der Waals surface area contributed by atoms with E-state index in [1.54, 1.807) is 12.1 Å². The topological polar surface area (TPSA) is 52.5 Å². The monoisotopic (exact) mass is 275 g/mol. The lowest BCUT2D eigenvalue weighted by Gasteiger charge is -2.28. The van der Waals surface area contributed by atoms with Gasteiger partial charge in [0.25, 0.3) is 0 Å². The van der Waals surface area contributed by atoms with E-state index in [4.69, 9.17) is 11.6 Å². The summed E-state index contributed by atoms with van der Waals surface area (Å²) in [5.41, 5.74) is 3.10. The van der Waals surface area contributed by atoms with Crippen LogP contribution in [0.2, 0.25) is 5.02 Å². The van der Waals surface area contributed by atoms with Gasteiger partial charge in [0.2, 0.25) is 0 Å². The normalized spacial score (nSPS) is 18.1. The van der Waals surface area contributed by atoms with Crippen LogP contribution in [0.3, 0.4) is 0 Å². The molecule has 0 aromatic heterocycles. The zero-order valence-corrected chi connectivity index (χ0v) is 11.0. The molecule has 0 saturated carbocycles. The smallest absolute Gasteiger partial charge is 0.157 e. The second kappa shape index (κ2) is 4.76. The number of benzene rings is 2. The first-order chi connectivity index (χ1) is 9.15. The van der Waals surface area contributed by atoms with Gasteiger partial charge in [-0.3, -0.25) is 0 Å². The molecule has 4 heteroatoms. The number of aromatic hydroxyl groups is 2. The molecule has 98 valence electrons. The van der Waals surface area contributed by atoms with E-state index in [0.717, 1.165) is 29.7 Å². The lowest BCUT2D eigenvalue weighted by atomic mass is 9.89. The van der Waals surface area contributed by atoms with Gasteiger partial charge in [-0.05, 0) is 47.4 Å². The summed E-state index contributed by atoms with van der Waals surface area (Å²) in [7, 11) is 0. The molecule has 3 rings (SSSR count). The standard InChI is InChI=1S/C15H14ClNO2/c16-11-3-1-2-10(6-11)15-12-8-14(19)13(18)7-9(12)4-5-17-15/h1-3,6-8,15,17-19H,4-5H2/t15-/m0/s1. The van der Waals surface area contributed by atoms with E-state index in [2.05, 4.69) is 5.32 Å². The average Bonchev–Trinajstić information content (AvgIpc) is 2.39. The highest BCUT2D eigenvalue weighted by Crippen LogP contribution is 2.36. The molecule has 1 aliphatic heterocycles. The number of nitrogens with one attached hydrogen (secondary N) is 1. The first-order valence-corrected chi connectivity index (χ1v) is 6.56. The fourth-order valence-electron chi connectivity index (χ4n) is 2.57. The van der Waals surface area contributed by atoms with Crippen LogP contribution in [0.5, 0.6) is 11.5 Å². The van der Waals surface area contributed by atoms with Crippen LogP contribution in [0.25, 0.3) is 0 Å². The van der Waals surface area contributed by atoms with Crippen LogP contribution in [0.4, 0.5) is 0 Å². The van der Waals surface area contributed by atoms with E-state index < -0.39 is 0 Å². The van der Waals surface area contributed by atoms with Crippen molar-refractivity contribution in [3.63, 3.8) is 0 Å². The second-order valence-electron chi connectivity index (χ2n) is 4.73. The Morgan fingerprint density at radius 2 is 1.89 bits per heavy atom. The Kier molecular flexibility index (Phi) is 3.09. The Bertz CT molecular complexity index is 628. The minimum absolute atomic E-state index is 0.00560. The van der Waals surface area contributed by atoms with Gasteiger partial charge in [0.15, 0.2) is 11.5 Å². The number of phenols is 2. The predicted octanol–water partition coefficient (Wildman–Crippen LogP) is 2.99. The van der Waals surface area contributed by atoms with Crippen molar-refractivity contribution in [2.24, 2.45) is 0 Å². The fourth-order valence-corrected chi connectivity index (χ4v) is 2.76. The van der Waals surface area contributed by atoms with Gasteiger partial charge in [0, 0.05) is 11.6 Å². The van der Waals surface area contributed by atoms with Crippen molar-refractivity contribution in [1.82, 2.24) is 5.32 Å². The van der Waals surface area contributed by atoms with Crippen molar-refractivity contribution >= 4 is 11.6 Å². The molecular weight excluding hydrogens is 262 g/mol. The summed E-state index contributed by atoms with van der Waals surface area (Å²) in [5, 5.41) is 23.4. The molecule has 0 aliphatic carbocycles. The molecule has 0 amide bonds. The van der Waals surface area contributed by atoms with Gasteiger partial charge in [-0.15, -0.1) is 0 Å². The van der Waals surface area contributed by atoms with E-state index >= 15 is 0 Å². The lowest BCUT2D eigenvalue weighted by Crippen LogP contribution is -2.30. The largest absolute Gasteiger partial charge is 0.504 e. The number of hydrogen-bond donors (Lipinski definition) is 3. The molecular formula is C15H14ClNO2. The Balaban J connectivity index is 2.10. The molecule has 0 saturated heterocycles. The van der Waals surface area contributed by atoms with Gasteiger partial charge >= 0.3 is 0 Å². The summed E-state index contributed by atoms with van der Waals surface area (Å²) in [6, 6.07) is 10.9. The van der Waals surface area contributed by atoms with E-state index in [0.29, 0.717) is 5.02 Å². The highest BCUT2D eigenvalue weighted by atomic mass is 35.5. The molecule has 1 heterocycles. The van der Waals surface area contributed by atoms with Crippen molar-refractivity contribution in [3.8, 4) is 11.5 Å². The maximum absolute atomic E-state index is 9.69. The summed E-state index contributed by atoms with van der Waals surface area (Å²) in [5.74, 6) is -0.153. The van der Waals surface area contributed by atoms with Gasteiger partial charge < -0.3 is 15.5 Å². The number of hydrogen-bond acceptors (Lipinski definition) is 3. The van der Waals surface area contributed by atoms with Crippen molar-refractivity contribution in [2.45, 2.75) is 12.5 Å². The quantitative estimate of drug-likeness (QED) is 0.702. The van der Waals surface area contributed by atoms with Gasteiger partial charge in [0.1, 0.15) is 0 Å². The Morgan fingerprint density at radius 1 is 1.11 bits per heavy atom. The van der Waals surface area contributed by atoms with Gasteiger partial charge in [-0.25, -0.2) is 0 Å². The minimum atomic E-state index is -0.0884. The summed E-state index contributed by atoms with van der Waals surface area (Å²) in [4.78, 5) is 0. The molecule has 0 unspecified atom stereocenters. The maximum atomic E-state index is 9.69. The van der Waals surface area contributed by atoms with Crippen LogP contribution in [-0.2, 0) is 6.42 Å². The second-order valence-corrected chi connectivity index (χ2v) is 5.17. The molecule has 0 radical (unpaired) electrons. The Labute approximate surface area is 116 Å². The molecule has 0 spiro atoms. The molecule has 19 heavy (non-hydrogen) atoms. The summed E-state index contributed by atoms with van der Waals surface area (Å²) < 4.78 is 0. The molecule has 2 aromatic rings. The number of rotatable bonds is 1. The summed E-state index contributed by atoms with van der Waals surface area (Å²) in [6.07, 6.45) is 0.834. The molecule has 1 aliphatic rings. The third kappa shape index (κ3) is 2.27. The van der Waals surface area contributed by atoms with Gasteiger partial charge in [-0.2, -0.15) is 0 Å². The van der Waals surface area contributed by atoms with Crippen LogP contribution >= 0.6 is 11.6 Å². The zero-order chi connectivity index (χ0) is 13.4. The first-order valence-electron chi connectivity index (χ1n) is 6.19. The van der Waals surface area contributed by atoms with Crippen LogP contribution < -0.4 is 5.32 Å². The maximum Gasteiger partial charge on any atom is 0.157 e. The van der Waals surface area contributed by atoms with Crippen molar-refractivity contribution < 1.29 is 10.2 Å². The zero-order valence-electron chi connectivity index (χ0n) is 10.2. The summed E-state index contributed by atoms with van der Waals surface area (Å²) >= 11 is 6.03. The molecule has 0 bridgehead atoms. The average molecular weight is 276 g/mol. The highest BCUT2D eigenvalue weighted by molar-refractivity contribution is 6.30. The van der Waals surface area contributed by atoms with Crippen LogP contribution in [0, 0.1) is 0 Å². The Morgan fingerprint density at radius 3 is 2.68 bits per heavy atom. The molecule has 3 N–H and O–H groups in total. The van der Waals surface area contributed by atoms with Crippen LogP contribution in [0.1, 0.15) is 22.7 Å². The van der Waals surface area contributed by atoms with Crippen molar-refractivity contribution in [2.75, 3.05) is 6.54 Å². The van der Waals surface area contributed by atoms with E-state index in [-0.39, 0.29) is 17.5 Å². The summed E-state index contributed by atoms with van der Waals surface area (Å²) in [6.45, 7) is 0.828. The van der Waals surface area contributed by atoms with E-state index in [1.165, 1.54) is 0 Å². The van der Waals surface area contributed by atoms with E-state index in [9.17, 15) is 10.2 Å². The van der Waals surface area contributed by atoms with Crippen LogP contribution in [0.15, 0.2) is 36.4 Å². The Hall–Kier alpha value is -1.71. The SMILES string of the molecule is Oc1cc2c(cc1O)[C@H](c1cccc(Cl)c1)NCC2. The molecule has 0 fully saturated rings. The van der Waals surface area contributed by atoms with Crippen LogP contribution in [-0.4, -0.2) is 16.8 Å². The van der Waals surface area contributed by atoms with E-state index in [1.807, 2.05) is 24.3 Å². The first kappa shape index (κ1) is 12.3. The number of fused-ring (bicyclic) bond motifs is 1. The third-order valence-electron chi connectivity index (χ3n) is 3.47. The van der Waals surface area contributed by atoms with Gasteiger partial charge in [0.05, 0.1) is 6.04 Å². The predicted molar refractivity (Wildman–Crippen MR) is 74.8 cm³/mol. The minimum Gasteiger partial charge on any atom is -0.504 e. The molecule has 3 nitrogen and oxygen atoms in total. The van der Waals surface area contributed by atoms with Crippen molar-refractivity contribution in [3.05, 3.63) is 58.1 Å². The third-order valence-corrected chi connectivity index (χ3v) is 3.71. The molecule has 1 atom stereocenters. The van der Waals surface area contributed by atoms with Gasteiger partial charge in [-0.1, -0.05) is 23.7 Å². The lowest BCUT2D eigenvalue weighted by molar-refractivity contribution is 0.400.